The van der Waals surface area contributed by atoms with Crippen molar-refractivity contribution in [3.8, 4) is 24.0 Å². The summed E-state index contributed by atoms with van der Waals surface area (Å²) in [4.78, 5) is 0. The number of rotatable bonds is 2. The largest absolute Gasteiger partial charge is 0.384 e. The van der Waals surface area contributed by atoms with Gasteiger partial charge < -0.3 is 9.47 Å². The van der Waals surface area contributed by atoms with Crippen molar-refractivity contribution in [2.75, 3.05) is 0 Å². The van der Waals surface area contributed by atoms with E-state index < -0.39 is 0 Å². The maximum Gasteiger partial charge on any atom is 0.292 e. The molecular weight excluding hydrogens is 240 g/mol. The number of hydrogen-bond donors (Lipinski definition) is 0. The quantitative estimate of drug-likeness (QED) is 0.753. The molecule has 0 bridgehead atoms. The molecule has 2 rings (SSSR count). The number of aryl methyl sites for hydroxylation is 2. The highest BCUT2D eigenvalue weighted by atomic mass is 32.1. The van der Waals surface area contributed by atoms with Gasteiger partial charge in [0.15, 0.2) is 11.5 Å². The molecule has 0 radical (unpaired) electrons. The third kappa shape index (κ3) is 1.63. The van der Waals surface area contributed by atoms with Gasteiger partial charge in [-0.1, -0.05) is 0 Å². The third-order valence-corrected chi connectivity index (χ3v) is 2.91. The van der Waals surface area contributed by atoms with Crippen molar-refractivity contribution in [3.63, 3.8) is 0 Å². The average Bonchev–Trinajstić information content (AvgIpc) is 2.80. The van der Waals surface area contributed by atoms with Gasteiger partial charge in [-0.15, -0.1) is 10.5 Å². The second-order valence-electron chi connectivity index (χ2n) is 3.26. The minimum absolute atomic E-state index is 0.215. The normalized spacial score (nSPS) is 9.65. The molecule has 0 saturated heterocycles. The number of fused-ring (bicyclic) bond motifs is 1. The highest BCUT2D eigenvalue weighted by molar-refractivity contribution is 7.00. The Morgan fingerprint density at radius 2 is 1.35 bits per heavy atom. The lowest BCUT2D eigenvalue weighted by Gasteiger charge is -2.09. The van der Waals surface area contributed by atoms with Crippen LogP contribution in [0.4, 0.5) is 0 Å². The van der Waals surface area contributed by atoms with E-state index in [-0.39, 0.29) is 11.5 Å². The molecule has 7 heteroatoms. The summed E-state index contributed by atoms with van der Waals surface area (Å²) in [6, 6.07) is 0. The molecule has 1 aromatic carbocycles. The first-order chi connectivity index (χ1) is 8.20. The van der Waals surface area contributed by atoms with Crippen LogP contribution in [0.5, 0.6) is 11.5 Å². The molecule has 0 aliphatic heterocycles. The summed E-state index contributed by atoms with van der Waals surface area (Å²) in [6.07, 6.45) is 3.15. The van der Waals surface area contributed by atoms with Crippen molar-refractivity contribution in [2.45, 2.75) is 13.8 Å². The van der Waals surface area contributed by atoms with E-state index in [4.69, 9.17) is 20.0 Å². The lowest BCUT2D eigenvalue weighted by atomic mass is 10.1. The molecule has 1 aromatic heterocycles. The molecule has 17 heavy (non-hydrogen) atoms. The van der Waals surface area contributed by atoms with Crippen molar-refractivity contribution in [2.24, 2.45) is 0 Å². The Hall–Kier alpha value is -2.38. The fourth-order valence-corrected chi connectivity index (χ4v) is 2.22. The Balaban J connectivity index is 2.84. The first kappa shape index (κ1) is 11.1. The highest BCUT2D eigenvalue weighted by Gasteiger charge is 2.20. The standard InChI is InChI=1S/C10H6N4O2S/c1-5-7-8(14-17-13-7)6(2)10(16-4-12)9(5)15-3-11/h1-2H3. The van der Waals surface area contributed by atoms with Gasteiger partial charge in [0.1, 0.15) is 11.0 Å². The highest BCUT2D eigenvalue weighted by Crippen LogP contribution is 2.40. The second-order valence-corrected chi connectivity index (χ2v) is 3.78. The molecule has 0 spiro atoms. The van der Waals surface area contributed by atoms with Crippen LogP contribution in [-0.4, -0.2) is 8.75 Å². The Bertz CT molecular complexity index is 609. The van der Waals surface area contributed by atoms with Gasteiger partial charge in [-0.3, -0.25) is 0 Å². The molecule has 6 nitrogen and oxygen atoms in total. The van der Waals surface area contributed by atoms with E-state index in [1.807, 2.05) is 0 Å². The molecule has 0 amide bonds. The van der Waals surface area contributed by atoms with Crippen LogP contribution in [-0.2, 0) is 0 Å². The zero-order valence-corrected chi connectivity index (χ0v) is 9.83. The predicted molar refractivity (Wildman–Crippen MR) is 59.4 cm³/mol. The van der Waals surface area contributed by atoms with Crippen LogP contribution in [0.2, 0.25) is 0 Å². The van der Waals surface area contributed by atoms with E-state index >= 15 is 0 Å². The van der Waals surface area contributed by atoms with Crippen molar-refractivity contribution in [3.05, 3.63) is 11.1 Å². The Morgan fingerprint density at radius 3 is 1.71 bits per heavy atom. The lowest BCUT2D eigenvalue weighted by Crippen LogP contribution is -1.97. The summed E-state index contributed by atoms with van der Waals surface area (Å²) in [6.45, 7) is 3.47. The monoisotopic (exact) mass is 246 g/mol. The Kier molecular flexibility index (Phi) is 2.77. The zero-order valence-electron chi connectivity index (χ0n) is 9.01. The van der Waals surface area contributed by atoms with E-state index in [0.29, 0.717) is 22.2 Å². The number of nitriles is 2. The van der Waals surface area contributed by atoms with E-state index in [1.165, 1.54) is 0 Å². The van der Waals surface area contributed by atoms with Crippen LogP contribution in [0.15, 0.2) is 0 Å². The molecule has 0 unspecified atom stereocenters. The van der Waals surface area contributed by atoms with Crippen molar-refractivity contribution in [1.29, 1.82) is 10.5 Å². The average molecular weight is 246 g/mol. The van der Waals surface area contributed by atoms with Gasteiger partial charge in [-0.25, -0.2) is 0 Å². The molecule has 0 aliphatic rings. The SMILES string of the molecule is Cc1c(OC#N)c(OC#N)c(C)c2nsnc12. The molecule has 0 N–H and O–H groups in total. The molecule has 0 saturated carbocycles. The van der Waals surface area contributed by atoms with Gasteiger partial charge in [0.2, 0.25) is 0 Å². The summed E-state index contributed by atoms with van der Waals surface area (Å²) in [5.41, 5.74) is 2.57. The summed E-state index contributed by atoms with van der Waals surface area (Å²) < 4.78 is 17.9. The summed E-state index contributed by atoms with van der Waals surface area (Å²) >= 11 is 1.06. The first-order valence-corrected chi connectivity index (χ1v) is 5.31. The van der Waals surface area contributed by atoms with Gasteiger partial charge in [0.25, 0.3) is 12.5 Å². The van der Waals surface area contributed by atoms with Gasteiger partial charge >= 0.3 is 0 Å². The van der Waals surface area contributed by atoms with E-state index in [1.54, 1.807) is 26.4 Å². The first-order valence-electron chi connectivity index (χ1n) is 4.58. The van der Waals surface area contributed by atoms with Crippen LogP contribution >= 0.6 is 11.7 Å². The maximum atomic E-state index is 8.61. The van der Waals surface area contributed by atoms with Gasteiger partial charge in [0, 0.05) is 11.1 Å². The van der Waals surface area contributed by atoms with Crippen LogP contribution in [0.3, 0.4) is 0 Å². The summed E-state index contributed by atoms with van der Waals surface area (Å²) in [5, 5.41) is 17.2. The van der Waals surface area contributed by atoms with Crippen LogP contribution in [0.25, 0.3) is 11.0 Å². The number of hydrogen-bond acceptors (Lipinski definition) is 7. The minimum Gasteiger partial charge on any atom is -0.384 e. The topological polar surface area (TPSA) is 91.8 Å². The number of ether oxygens (including phenoxy) is 2. The summed E-state index contributed by atoms with van der Waals surface area (Å²) in [5.74, 6) is 0.429. The molecule has 84 valence electrons. The smallest absolute Gasteiger partial charge is 0.292 e. The molecule has 0 atom stereocenters. The third-order valence-electron chi connectivity index (χ3n) is 2.38. The Morgan fingerprint density at radius 1 is 0.941 bits per heavy atom. The van der Waals surface area contributed by atoms with Gasteiger partial charge in [-0.05, 0) is 13.8 Å². The molecular formula is C10H6N4O2S. The van der Waals surface area contributed by atoms with Gasteiger partial charge in [-0.2, -0.15) is 8.75 Å². The van der Waals surface area contributed by atoms with Crippen molar-refractivity contribution in [1.82, 2.24) is 8.75 Å². The van der Waals surface area contributed by atoms with Gasteiger partial charge in [0.05, 0.1) is 11.7 Å². The minimum atomic E-state index is 0.215. The second kappa shape index (κ2) is 4.24. The Labute approximate surface area is 101 Å². The molecule has 1 heterocycles. The van der Waals surface area contributed by atoms with Crippen LogP contribution in [0, 0.1) is 36.9 Å². The predicted octanol–water partition coefficient (Wildman–Crippen LogP) is 2.03. The summed E-state index contributed by atoms with van der Waals surface area (Å²) in [7, 11) is 0. The van der Waals surface area contributed by atoms with E-state index in [2.05, 4.69) is 8.75 Å². The van der Waals surface area contributed by atoms with Crippen LogP contribution in [0.1, 0.15) is 11.1 Å². The number of nitrogens with zero attached hydrogens (tertiary/aromatic N) is 4. The number of aromatic nitrogens is 2. The lowest BCUT2D eigenvalue weighted by molar-refractivity contribution is 0.437. The molecule has 2 aromatic rings. The van der Waals surface area contributed by atoms with E-state index in [9.17, 15) is 0 Å². The zero-order chi connectivity index (χ0) is 12.4. The van der Waals surface area contributed by atoms with Crippen LogP contribution < -0.4 is 9.47 Å². The van der Waals surface area contributed by atoms with E-state index in [0.717, 1.165) is 11.7 Å². The maximum absolute atomic E-state index is 8.61. The molecule has 0 fully saturated rings. The number of benzene rings is 1. The van der Waals surface area contributed by atoms with Crippen molar-refractivity contribution < 1.29 is 9.47 Å². The fraction of sp³-hybridized carbons (Fsp3) is 0.200. The fourth-order valence-electron chi connectivity index (χ4n) is 1.57. The molecule has 0 aliphatic carbocycles. The van der Waals surface area contributed by atoms with Crippen molar-refractivity contribution >= 4 is 22.8 Å².